The number of sulfone groups is 1. The number of nitrogens with one attached hydrogen (secondary N) is 1. The average molecular weight is 417 g/mol. The summed E-state index contributed by atoms with van der Waals surface area (Å²) in [5.74, 6) is -1.06. The Labute approximate surface area is 167 Å². The molecule has 0 atom stereocenters. The highest BCUT2D eigenvalue weighted by atomic mass is 32.2. The quantitative estimate of drug-likeness (QED) is 0.592. The normalized spacial score (nSPS) is 11.4. The Kier molecular flexibility index (Phi) is 6.07. The molecule has 0 aliphatic rings. The van der Waals surface area contributed by atoms with Crippen LogP contribution in [-0.4, -0.2) is 24.5 Å². The third-order valence-electron chi connectivity index (χ3n) is 4.07. The molecule has 0 aliphatic carbocycles. The number of hydrogen-bond acceptors (Lipinski definition) is 6. The van der Waals surface area contributed by atoms with Crippen LogP contribution in [-0.2, 0) is 26.8 Å². The van der Waals surface area contributed by atoms with Crippen molar-refractivity contribution in [3.8, 4) is 0 Å². The van der Waals surface area contributed by atoms with Gasteiger partial charge in [0.2, 0.25) is 11.8 Å². The average Bonchev–Trinajstić information content (AvgIpc) is 3.06. The molecule has 0 spiro atoms. The van der Waals surface area contributed by atoms with E-state index in [-0.39, 0.29) is 35.4 Å². The van der Waals surface area contributed by atoms with Crippen molar-refractivity contribution in [2.75, 3.05) is 5.32 Å². The van der Waals surface area contributed by atoms with Crippen LogP contribution in [0.2, 0.25) is 0 Å². The molecule has 152 valence electrons. The van der Waals surface area contributed by atoms with Crippen molar-refractivity contribution in [1.29, 1.82) is 0 Å². The number of carbonyl (C=O) groups is 1. The van der Waals surface area contributed by atoms with E-state index in [1.54, 1.807) is 0 Å². The van der Waals surface area contributed by atoms with Gasteiger partial charge < -0.3 is 9.84 Å². The number of hydrogen-bond donors (Lipinski definition) is 1. The minimum atomic E-state index is -3.73. The molecule has 0 unspecified atom stereocenters. The first kappa shape index (κ1) is 20.7. The fourth-order valence-corrected chi connectivity index (χ4v) is 4.01. The molecule has 29 heavy (non-hydrogen) atoms. The summed E-state index contributed by atoms with van der Waals surface area (Å²) < 4.78 is 42.7. The number of aryl methyl sites for hydroxylation is 3. The molecule has 3 aromatic rings. The number of anilines is 1. The molecule has 0 saturated heterocycles. The molecule has 0 radical (unpaired) electrons. The van der Waals surface area contributed by atoms with Gasteiger partial charge in [0.1, 0.15) is 11.6 Å². The van der Waals surface area contributed by atoms with Gasteiger partial charge in [0, 0.05) is 18.5 Å². The summed E-state index contributed by atoms with van der Waals surface area (Å²) >= 11 is 0. The maximum atomic E-state index is 13.0. The van der Waals surface area contributed by atoms with Crippen molar-refractivity contribution in [3.05, 3.63) is 71.1 Å². The topological polar surface area (TPSA) is 102 Å². The van der Waals surface area contributed by atoms with E-state index in [4.69, 9.17) is 4.52 Å². The minimum absolute atomic E-state index is 0.0148. The highest BCUT2D eigenvalue weighted by Gasteiger charge is 2.19. The van der Waals surface area contributed by atoms with E-state index >= 15 is 0 Å². The first-order chi connectivity index (χ1) is 13.7. The van der Waals surface area contributed by atoms with E-state index in [1.165, 1.54) is 12.1 Å². The van der Waals surface area contributed by atoms with Crippen LogP contribution in [0.1, 0.15) is 29.3 Å². The number of carbonyl (C=O) groups excluding carboxylic acids is 1. The smallest absolute Gasteiger partial charge is 0.227 e. The van der Waals surface area contributed by atoms with E-state index in [1.807, 2.05) is 32.0 Å². The van der Waals surface area contributed by atoms with Crippen molar-refractivity contribution in [3.63, 3.8) is 0 Å². The van der Waals surface area contributed by atoms with E-state index < -0.39 is 21.4 Å². The summed E-state index contributed by atoms with van der Waals surface area (Å²) in [4.78, 5) is 16.1. The standard InChI is InChI=1S/C20H20FN3O4S/c1-13-9-14(2)11-16(10-13)22-19(25)7-8-20-23-18(24-28-20)12-29(26,27)17-5-3-15(21)4-6-17/h3-6,9-11H,7-8,12H2,1-2H3,(H,22,25). The Balaban J connectivity index is 1.57. The molecule has 0 aliphatic heterocycles. The number of halogens is 1. The van der Waals surface area contributed by atoms with Crippen LogP contribution >= 0.6 is 0 Å². The first-order valence-corrected chi connectivity index (χ1v) is 10.5. The molecule has 0 bridgehead atoms. The number of aromatic nitrogens is 2. The van der Waals surface area contributed by atoms with Gasteiger partial charge in [-0.2, -0.15) is 4.98 Å². The van der Waals surface area contributed by atoms with E-state index in [9.17, 15) is 17.6 Å². The Morgan fingerprint density at radius 3 is 2.41 bits per heavy atom. The summed E-state index contributed by atoms with van der Waals surface area (Å²) in [5, 5.41) is 6.47. The number of amides is 1. The largest absolute Gasteiger partial charge is 0.339 e. The predicted molar refractivity (Wildman–Crippen MR) is 104 cm³/mol. The van der Waals surface area contributed by atoms with Crippen LogP contribution in [0.25, 0.3) is 0 Å². The molecule has 1 N–H and O–H groups in total. The van der Waals surface area contributed by atoms with Gasteiger partial charge in [-0.25, -0.2) is 12.8 Å². The summed E-state index contributed by atoms with van der Waals surface area (Å²) in [6, 6.07) is 10.3. The molecule has 7 nitrogen and oxygen atoms in total. The molecular weight excluding hydrogens is 397 g/mol. The minimum Gasteiger partial charge on any atom is -0.339 e. The number of rotatable bonds is 7. The van der Waals surface area contributed by atoms with E-state index in [0.717, 1.165) is 23.3 Å². The number of benzene rings is 2. The molecule has 1 amide bonds. The molecule has 9 heteroatoms. The Bertz CT molecular complexity index is 1100. The summed E-state index contributed by atoms with van der Waals surface area (Å²) in [6.45, 7) is 3.89. The third-order valence-corrected chi connectivity index (χ3v) is 5.70. The fraction of sp³-hybridized carbons (Fsp3) is 0.250. The molecule has 0 saturated carbocycles. The van der Waals surface area contributed by atoms with Crippen molar-refractivity contribution in [1.82, 2.24) is 10.1 Å². The molecule has 1 aromatic heterocycles. The monoisotopic (exact) mass is 417 g/mol. The van der Waals surface area contributed by atoms with Gasteiger partial charge in [0.05, 0.1) is 4.90 Å². The van der Waals surface area contributed by atoms with Crippen molar-refractivity contribution >= 4 is 21.4 Å². The molecular formula is C20H20FN3O4S. The maximum Gasteiger partial charge on any atom is 0.227 e. The van der Waals surface area contributed by atoms with Gasteiger partial charge >= 0.3 is 0 Å². The second-order valence-corrected chi connectivity index (χ2v) is 8.73. The second-order valence-electron chi connectivity index (χ2n) is 6.74. The predicted octanol–water partition coefficient (Wildman–Crippen LogP) is 3.37. The first-order valence-electron chi connectivity index (χ1n) is 8.89. The van der Waals surface area contributed by atoms with Gasteiger partial charge in [0.25, 0.3) is 0 Å². The van der Waals surface area contributed by atoms with Gasteiger partial charge in [0.15, 0.2) is 15.7 Å². The molecule has 2 aromatic carbocycles. The Morgan fingerprint density at radius 2 is 1.76 bits per heavy atom. The van der Waals surface area contributed by atoms with Crippen molar-refractivity contribution in [2.45, 2.75) is 37.3 Å². The highest BCUT2D eigenvalue weighted by Crippen LogP contribution is 2.17. The SMILES string of the molecule is Cc1cc(C)cc(NC(=O)CCc2nc(CS(=O)(=O)c3ccc(F)cc3)no2)c1. The van der Waals surface area contributed by atoms with Gasteiger partial charge in [-0.05, 0) is 61.4 Å². The van der Waals surface area contributed by atoms with Gasteiger partial charge in [-0.3, -0.25) is 4.79 Å². The zero-order valence-corrected chi connectivity index (χ0v) is 16.8. The second kappa shape index (κ2) is 8.52. The van der Waals surface area contributed by atoms with E-state index in [2.05, 4.69) is 15.5 Å². The third kappa shape index (κ3) is 5.71. The zero-order chi connectivity index (χ0) is 21.0. The Hall–Kier alpha value is -3.07. The van der Waals surface area contributed by atoms with Gasteiger partial charge in [-0.1, -0.05) is 11.2 Å². The lowest BCUT2D eigenvalue weighted by atomic mass is 10.1. The molecule has 3 rings (SSSR count). The maximum absolute atomic E-state index is 13.0. The van der Waals surface area contributed by atoms with Gasteiger partial charge in [-0.15, -0.1) is 0 Å². The highest BCUT2D eigenvalue weighted by molar-refractivity contribution is 7.90. The van der Waals surface area contributed by atoms with Crippen LogP contribution in [0, 0.1) is 19.7 Å². The summed E-state index contributed by atoms with van der Waals surface area (Å²) in [5.41, 5.74) is 2.80. The lowest BCUT2D eigenvalue weighted by molar-refractivity contribution is -0.116. The Morgan fingerprint density at radius 1 is 1.10 bits per heavy atom. The summed E-state index contributed by atoms with van der Waals surface area (Å²) in [7, 11) is -3.73. The zero-order valence-electron chi connectivity index (χ0n) is 16.0. The summed E-state index contributed by atoms with van der Waals surface area (Å²) in [6.07, 6.45) is 0.291. The van der Waals surface area contributed by atoms with Crippen LogP contribution in [0.15, 0.2) is 51.9 Å². The molecule has 1 heterocycles. The van der Waals surface area contributed by atoms with Crippen LogP contribution in [0.5, 0.6) is 0 Å². The van der Waals surface area contributed by atoms with Crippen molar-refractivity contribution < 1.29 is 22.1 Å². The van der Waals surface area contributed by atoms with Crippen LogP contribution < -0.4 is 5.32 Å². The van der Waals surface area contributed by atoms with Crippen LogP contribution in [0.3, 0.4) is 0 Å². The lowest BCUT2D eigenvalue weighted by Crippen LogP contribution is -2.12. The molecule has 0 fully saturated rings. The lowest BCUT2D eigenvalue weighted by Gasteiger charge is -2.06. The van der Waals surface area contributed by atoms with E-state index in [0.29, 0.717) is 5.69 Å². The number of nitrogens with zero attached hydrogens (tertiary/aromatic N) is 2. The van der Waals surface area contributed by atoms with Crippen molar-refractivity contribution in [2.24, 2.45) is 0 Å². The van der Waals surface area contributed by atoms with Crippen LogP contribution in [0.4, 0.5) is 10.1 Å². The fourth-order valence-electron chi connectivity index (χ4n) is 2.84.